The number of amides is 4. The summed E-state index contributed by atoms with van der Waals surface area (Å²) in [5.74, 6) is -7.27. The highest BCUT2D eigenvalue weighted by molar-refractivity contribution is 5.97. The molecule has 0 aliphatic rings. The smallest absolute Gasteiger partial charge is 0.226 e. The molecule has 0 radical (unpaired) electrons. The highest BCUT2D eigenvalue weighted by Crippen LogP contribution is 2.21. The summed E-state index contributed by atoms with van der Waals surface area (Å²) in [6, 6.07) is -3.21. The number of ketones is 3. The van der Waals surface area contributed by atoms with Crippen LogP contribution >= 0.6 is 0 Å². The fourth-order valence-corrected chi connectivity index (χ4v) is 8.03. The first-order chi connectivity index (χ1) is 32.1. The molecule has 0 bridgehead atoms. The van der Waals surface area contributed by atoms with Crippen molar-refractivity contribution in [3.8, 4) is 0 Å². The van der Waals surface area contributed by atoms with Crippen LogP contribution in [0, 0.1) is 23.7 Å². The molecule has 0 heterocycles. The Balaban J connectivity index is 5.99. The van der Waals surface area contributed by atoms with Crippen LogP contribution in [0.1, 0.15) is 183 Å². The summed E-state index contributed by atoms with van der Waals surface area (Å²) in [7, 11) is 1.37. The fraction of sp³-hybridized carbons (Fsp3) is 0.816. The Morgan fingerprint density at radius 1 is 0.515 bits per heavy atom. The van der Waals surface area contributed by atoms with E-state index in [1.807, 2.05) is 13.8 Å². The summed E-state index contributed by atoms with van der Waals surface area (Å²) in [5.41, 5.74) is 22.0. The van der Waals surface area contributed by atoms with Crippen molar-refractivity contribution in [2.75, 3.05) is 20.1 Å². The Kier molecular flexibility index (Phi) is 34.7. The van der Waals surface area contributed by atoms with Crippen molar-refractivity contribution in [3.05, 3.63) is 0 Å². The van der Waals surface area contributed by atoms with Crippen molar-refractivity contribution in [2.24, 2.45) is 56.6 Å². The second-order valence-corrected chi connectivity index (χ2v) is 18.9. The zero-order valence-corrected chi connectivity index (χ0v) is 42.6. The van der Waals surface area contributed by atoms with Crippen LogP contribution in [0.2, 0.25) is 0 Å². The molecule has 0 aromatic carbocycles. The van der Waals surface area contributed by atoms with Gasteiger partial charge < -0.3 is 54.4 Å². The Morgan fingerprint density at radius 3 is 1.38 bits per heavy atom. The summed E-state index contributed by atoms with van der Waals surface area (Å²) in [4.78, 5) is 102. The molecule has 14 N–H and O–H groups in total. The van der Waals surface area contributed by atoms with Crippen LogP contribution in [0.3, 0.4) is 0 Å². The molecular weight excluding hydrogens is 873 g/mol. The topological polar surface area (TPSA) is 337 Å². The van der Waals surface area contributed by atoms with Crippen LogP contribution in [0.5, 0.6) is 0 Å². The average molecular weight is 965 g/mol. The number of nitrogens with zero attached hydrogens (tertiary/aromatic N) is 2. The van der Waals surface area contributed by atoms with E-state index >= 15 is 0 Å². The third-order valence-electron chi connectivity index (χ3n) is 12.2. The lowest BCUT2D eigenvalue weighted by atomic mass is 9.87. The van der Waals surface area contributed by atoms with Gasteiger partial charge in [-0.1, -0.05) is 97.8 Å². The number of carbonyl (C=O) groups is 7. The van der Waals surface area contributed by atoms with Crippen LogP contribution in [0.4, 0.5) is 0 Å². The van der Waals surface area contributed by atoms with E-state index in [0.29, 0.717) is 12.8 Å². The zero-order chi connectivity index (χ0) is 51.6. The van der Waals surface area contributed by atoms with E-state index < -0.39 is 83.8 Å². The molecule has 0 aliphatic carbocycles. The second kappa shape index (κ2) is 37.3. The van der Waals surface area contributed by atoms with E-state index in [1.165, 1.54) is 85.6 Å². The maximum atomic E-state index is 14.2. The maximum Gasteiger partial charge on any atom is 0.226 e. The molecule has 392 valence electrons. The second-order valence-electron chi connectivity index (χ2n) is 18.9. The van der Waals surface area contributed by atoms with Crippen molar-refractivity contribution in [1.82, 2.24) is 21.3 Å². The summed E-state index contributed by atoms with van der Waals surface area (Å²) >= 11 is 0. The lowest BCUT2D eigenvalue weighted by Gasteiger charge is -2.27. The molecule has 19 nitrogen and oxygen atoms in total. The predicted molar refractivity (Wildman–Crippen MR) is 268 cm³/mol. The van der Waals surface area contributed by atoms with E-state index in [9.17, 15) is 43.8 Å². The highest BCUT2D eigenvalue weighted by Gasteiger charge is 2.35. The number of carbonyl (C=O) groups excluding carboxylic acids is 7. The molecule has 0 saturated heterocycles. The third-order valence-corrected chi connectivity index (χ3v) is 12.2. The standard InChI is InChI=1S/C49H92N10O9/c1-8-9-10-11-12-13-14-15-16-17-18-19-20-25-44(65)58-39(23-21-26-55-48(50)51)42(63)29-36(28-32(2)3)45(66)59-40(24-22-27-56-49(52)53)43(64)31-38(35(6)61)47(68)57-33(4)41(62)30-37(34(5)60)46(67)54-7/h32-40,60-61H,8-31H2,1-7H3,(H,54,67)(H,57,68)(H,58,65)(H,59,66)(H4,50,51,55)(H4,52,53,56)/t33-,34+,35+,36+,37-,38-,39-,40-/m0/s1. The molecule has 8 atom stereocenters. The Bertz CT molecular complexity index is 1560. The maximum absolute atomic E-state index is 14.2. The minimum atomic E-state index is -1.36. The molecule has 4 amide bonds. The van der Waals surface area contributed by atoms with Crippen LogP contribution in [-0.2, 0) is 33.6 Å². The van der Waals surface area contributed by atoms with Crippen LogP contribution < -0.4 is 44.2 Å². The number of nitrogens with two attached hydrogens (primary N) is 4. The van der Waals surface area contributed by atoms with Crippen molar-refractivity contribution in [1.29, 1.82) is 0 Å². The van der Waals surface area contributed by atoms with Gasteiger partial charge in [-0.2, -0.15) is 0 Å². The van der Waals surface area contributed by atoms with E-state index in [1.54, 1.807) is 0 Å². The number of rotatable bonds is 41. The number of aliphatic hydroxyl groups excluding tert-OH is 2. The van der Waals surface area contributed by atoms with E-state index in [0.717, 1.165) is 19.3 Å². The Labute approximate surface area is 406 Å². The quantitative estimate of drug-likeness (QED) is 0.0239. The fourth-order valence-electron chi connectivity index (χ4n) is 8.03. The lowest BCUT2D eigenvalue weighted by molar-refractivity contribution is -0.138. The van der Waals surface area contributed by atoms with Crippen LogP contribution in [-0.4, -0.2) is 114 Å². The van der Waals surface area contributed by atoms with Gasteiger partial charge in [0.1, 0.15) is 0 Å². The number of aliphatic hydroxyl groups is 2. The summed E-state index contributed by atoms with van der Waals surface area (Å²) in [6.07, 6.45) is 13.1. The molecule has 0 rings (SSSR count). The molecule has 0 saturated carbocycles. The molecular formula is C49H92N10O9. The van der Waals surface area contributed by atoms with Gasteiger partial charge in [0.2, 0.25) is 23.6 Å². The molecule has 68 heavy (non-hydrogen) atoms. The lowest BCUT2D eigenvalue weighted by Crippen LogP contribution is -2.49. The van der Waals surface area contributed by atoms with Gasteiger partial charge in [0.25, 0.3) is 0 Å². The van der Waals surface area contributed by atoms with Crippen LogP contribution in [0.15, 0.2) is 9.98 Å². The number of nitrogens with one attached hydrogen (secondary N) is 4. The normalized spacial score (nSPS) is 14.8. The summed E-state index contributed by atoms with van der Waals surface area (Å²) < 4.78 is 0. The average Bonchev–Trinajstić information content (AvgIpc) is 3.26. The molecule has 0 aromatic heterocycles. The minimum Gasteiger partial charge on any atom is -0.393 e. The largest absolute Gasteiger partial charge is 0.393 e. The van der Waals surface area contributed by atoms with Crippen molar-refractivity contribution in [2.45, 2.75) is 213 Å². The number of Topliss-reactive ketones (excluding diaryl/α,β-unsaturated/α-hetero) is 3. The van der Waals surface area contributed by atoms with E-state index in [-0.39, 0.29) is 87.6 Å². The van der Waals surface area contributed by atoms with Gasteiger partial charge in [-0.3, -0.25) is 43.5 Å². The van der Waals surface area contributed by atoms with Gasteiger partial charge in [0.15, 0.2) is 29.3 Å². The minimum absolute atomic E-state index is 0.0414. The van der Waals surface area contributed by atoms with Gasteiger partial charge in [0.05, 0.1) is 42.2 Å². The SMILES string of the molecule is CCCCCCCCCCCCCCCC(=O)N[C@@H](CCCN=C(N)N)C(=O)C[C@@H](CC(C)C)C(=O)N[C@@H](CCCN=C(N)N)C(=O)C[C@H](C(=O)N[C@@H](C)C(=O)C[C@H](C(=O)NC)[C@@H](C)O)[C@@H](C)O. The van der Waals surface area contributed by atoms with Gasteiger partial charge in [0, 0.05) is 51.7 Å². The zero-order valence-electron chi connectivity index (χ0n) is 42.6. The third kappa shape index (κ3) is 30.0. The predicted octanol–water partition coefficient (Wildman–Crippen LogP) is 3.33. The van der Waals surface area contributed by atoms with Gasteiger partial charge in [-0.15, -0.1) is 0 Å². The van der Waals surface area contributed by atoms with E-state index in [2.05, 4.69) is 38.2 Å². The first-order valence-corrected chi connectivity index (χ1v) is 25.3. The van der Waals surface area contributed by atoms with Gasteiger partial charge in [-0.25, -0.2) is 0 Å². The first kappa shape index (κ1) is 63.4. The van der Waals surface area contributed by atoms with Gasteiger partial charge in [-0.05, 0) is 65.2 Å². The van der Waals surface area contributed by atoms with E-state index in [4.69, 9.17) is 22.9 Å². The number of aliphatic imine (C=N–C) groups is 2. The Hall–Kier alpha value is -4.65. The first-order valence-electron chi connectivity index (χ1n) is 25.3. The number of hydrogen-bond acceptors (Lipinski definition) is 11. The van der Waals surface area contributed by atoms with Crippen molar-refractivity contribution < 1.29 is 43.8 Å². The number of guanidine groups is 2. The molecule has 0 unspecified atom stereocenters. The molecule has 19 heteroatoms. The summed E-state index contributed by atoms with van der Waals surface area (Å²) in [6.45, 7) is 10.5. The van der Waals surface area contributed by atoms with Crippen molar-refractivity contribution >= 4 is 52.9 Å². The molecule has 0 spiro atoms. The Morgan fingerprint density at radius 2 is 0.941 bits per heavy atom. The van der Waals surface area contributed by atoms with Crippen LogP contribution in [0.25, 0.3) is 0 Å². The molecule has 0 fully saturated rings. The summed E-state index contributed by atoms with van der Waals surface area (Å²) in [5, 5.41) is 31.4. The van der Waals surface area contributed by atoms with Crippen molar-refractivity contribution in [3.63, 3.8) is 0 Å². The number of hydrogen-bond donors (Lipinski definition) is 10. The molecule has 0 aliphatic heterocycles. The number of unbranched alkanes of at least 4 members (excludes halogenated alkanes) is 12. The van der Waals surface area contributed by atoms with Gasteiger partial charge >= 0.3 is 0 Å². The molecule has 0 aromatic rings. The monoisotopic (exact) mass is 965 g/mol. The highest BCUT2D eigenvalue weighted by atomic mass is 16.3.